The van der Waals surface area contributed by atoms with Crippen LogP contribution in [-0.2, 0) is 28.7 Å². The van der Waals surface area contributed by atoms with Gasteiger partial charge in [0.05, 0.1) is 28.4 Å². The van der Waals surface area contributed by atoms with Gasteiger partial charge in [0.1, 0.15) is 35.3 Å². The average molecular weight is 822 g/mol. The van der Waals surface area contributed by atoms with Crippen LogP contribution in [-0.4, -0.2) is 99.0 Å². The minimum absolute atomic E-state index is 0. The number of imide groups is 4. The summed E-state index contributed by atoms with van der Waals surface area (Å²) in [6, 6.07) is 7.56. The Balaban J connectivity index is 0.000000198. The molecule has 6 aliphatic rings. The highest BCUT2D eigenvalue weighted by atomic mass is 35.5. The summed E-state index contributed by atoms with van der Waals surface area (Å²) in [6.07, 6.45) is 3.61. The molecule has 0 bridgehead atoms. The number of ether oxygens (including phenoxy) is 3. The molecule has 18 heteroatoms. The number of hydrogen-bond acceptors (Lipinski definition) is 13. The van der Waals surface area contributed by atoms with Crippen LogP contribution in [0.15, 0.2) is 36.4 Å². The number of nitrogens with one attached hydrogen (secondary N) is 2. The van der Waals surface area contributed by atoms with E-state index in [1.54, 1.807) is 12.1 Å². The van der Waals surface area contributed by atoms with Gasteiger partial charge in [0.15, 0.2) is 0 Å². The fourth-order valence-corrected chi connectivity index (χ4v) is 7.69. The lowest BCUT2D eigenvalue weighted by Crippen LogP contribution is -2.54. The highest BCUT2D eigenvalue weighted by Crippen LogP contribution is 2.37. The number of hydrogen-bond donors (Lipinski definition) is 3. The molecule has 4 heterocycles. The number of amides is 8. The van der Waals surface area contributed by atoms with Crippen molar-refractivity contribution in [2.45, 2.75) is 114 Å². The molecule has 0 radical (unpaired) electrons. The molecule has 8 amide bonds. The number of halogens is 1. The Morgan fingerprint density at radius 3 is 1.48 bits per heavy atom. The topological polar surface area (TPSA) is 238 Å². The Bertz CT molecular complexity index is 2100. The first kappa shape index (κ1) is 41.9. The van der Waals surface area contributed by atoms with Gasteiger partial charge < -0.3 is 19.9 Å². The van der Waals surface area contributed by atoms with Crippen molar-refractivity contribution in [3.8, 4) is 11.5 Å². The summed E-state index contributed by atoms with van der Waals surface area (Å²) in [5, 5.41) is 4.35. The number of piperidine rings is 2. The summed E-state index contributed by atoms with van der Waals surface area (Å²) >= 11 is 0. The predicted molar refractivity (Wildman–Crippen MR) is 203 cm³/mol. The van der Waals surface area contributed by atoms with Crippen LogP contribution in [0, 0.1) is 5.92 Å². The van der Waals surface area contributed by atoms with E-state index < -0.39 is 64.9 Å². The van der Waals surface area contributed by atoms with Crippen molar-refractivity contribution in [3.63, 3.8) is 0 Å². The second kappa shape index (κ2) is 16.3. The fraction of sp³-hybridized carbons (Fsp3) is 0.475. The van der Waals surface area contributed by atoms with Crippen LogP contribution < -0.4 is 25.8 Å². The maximum absolute atomic E-state index is 12.9. The molecule has 17 nitrogen and oxygen atoms in total. The molecule has 2 atom stereocenters. The van der Waals surface area contributed by atoms with Gasteiger partial charge in [-0.1, -0.05) is 0 Å². The van der Waals surface area contributed by atoms with Crippen molar-refractivity contribution in [1.29, 1.82) is 0 Å². The molecule has 4 N–H and O–H groups in total. The van der Waals surface area contributed by atoms with Gasteiger partial charge in [0.25, 0.3) is 23.6 Å². The lowest BCUT2D eigenvalue weighted by molar-refractivity contribution is -0.157. The first-order valence-corrected chi connectivity index (χ1v) is 19.0. The van der Waals surface area contributed by atoms with Gasteiger partial charge in [-0.25, -0.2) is 0 Å². The largest absolute Gasteiger partial charge is 0.490 e. The van der Waals surface area contributed by atoms with E-state index in [0.717, 1.165) is 22.6 Å². The summed E-state index contributed by atoms with van der Waals surface area (Å²) in [4.78, 5) is 111. The Hall–Kier alpha value is -5.68. The highest BCUT2D eigenvalue weighted by molar-refractivity contribution is 6.24. The standard InChI is InChI=1S/C23H26N2O7.C17H17N3O5.ClH/c1-23(2,3)32-19(27)10-12-8-14(9-12)31-13-4-5-15-16(11-13)22(30)25(21(15)29)17-6-7-18(26)24-20(17)28;18-8-5-10(6-8)25-9-1-2-11-12(7-9)17(24)20(16(11)23)13-3-4-14(21)19-15(13)22;/h4-5,11-12,14,17H,6-10H2,1-3H3,(H,24,26,28);1-2,7-8,10,13H,3-6,18H2,(H,19,21,22);1H. The van der Waals surface area contributed by atoms with Crippen LogP contribution in [0.3, 0.4) is 0 Å². The SMILES string of the molecule is CC(C)(C)OC(=O)CC1CC(Oc2ccc3c(c2)C(=O)N(C2CCC(=O)NC2=O)C3=O)C1.Cl.NC1CC(Oc2ccc3c(c2)C(=O)N(C2CCC(=O)NC2=O)C3=O)C1. The quantitative estimate of drug-likeness (QED) is 0.257. The van der Waals surface area contributed by atoms with Crippen molar-refractivity contribution in [1.82, 2.24) is 20.4 Å². The van der Waals surface area contributed by atoms with E-state index in [1.807, 2.05) is 20.8 Å². The van der Waals surface area contributed by atoms with Gasteiger partial charge in [-0.15, -0.1) is 12.4 Å². The second-order valence-electron chi connectivity index (χ2n) is 16.1. The van der Waals surface area contributed by atoms with Gasteiger partial charge in [0, 0.05) is 25.3 Å². The number of carbonyl (C=O) groups is 9. The van der Waals surface area contributed by atoms with Crippen LogP contribution >= 0.6 is 12.4 Å². The Labute approximate surface area is 339 Å². The molecule has 2 saturated heterocycles. The van der Waals surface area contributed by atoms with Gasteiger partial charge in [-0.05, 0) is 102 Å². The first-order chi connectivity index (χ1) is 26.9. The molecule has 0 aromatic heterocycles. The third-order valence-corrected chi connectivity index (χ3v) is 10.6. The van der Waals surface area contributed by atoms with Crippen molar-refractivity contribution < 1.29 is 57.4 Å². The normalized spacial score (nSPS) is 26.2. The zero-order chi connectivity index (χ0) is 40.9. The minimum Gasteiger partial charge on any atom is -0.490 e. The molecule has 308 valence electrons. The fourth-order valence-electron chi connectivity index (χ4n) is 7.69. The smallest absolute Gasteiger partial charge is 0.306 e. The molecule has 4 fully saturated rings. The number of nitrogens with two attached hydrogens (primary N) is 1. The van der Waals surface area contributed by atoms with E-state index in [0.29, 0.717) is 30.8 Å². The Morgan fingerprint density at radius 2 is 1.09 bits per heavy atom. The maximum Gasteiger partial charge on any atom is 0.306 e. The highest BCUT2D eigenvalue weighted by Gasteiger charge is 2.46. The number of fused-ring (bicyclic) bond motifs is 2. The molecular formula is C40H44ClN5O12. The third-order valence-electron chi connectivity index (χ3n) is 10.6. The molecule has 8 rings (SSSR count). The summed E-state index contributed by atoms with van der Waals surface area (Å²) in [7, 11) is 0. The van der Waals surface area contributed by atoms with E-state index >= 15 is 0 Å². The van der Waals surface area contributed by atoms with Gasteiger partial charge >= 0.3 is 5.97 Å². The van der Waals surface area contributed by atoms with Crippen LogP contribution in [0.5, 0.6) is 11.5 Å². The molecule has 4 aliphatic heterocycles. The average Bonchev–Trinajstić information content (AvgIpc) is 3.49. The van der Waals surface area contributed by atoms with Crippen molar-refractivity contribution in [2.75, 3.05) is 0 Å². The Morgan fingerprint density at radius 1 is 0.672 bits per heavy atom. The zero-order valence-corrected chi connectivity index (χ0v) is 32.9. The van der Waals surface area contributed by atoms with Crippen LogP contribution in [0.2, 0.25) is 0 Å². The predicted octanol–water partition coefficient (Wildman–Crippen LogP) is 2.36. The van der Waals surface area contributed by atoms with Gasteiger partial charge in [-0.2, -0.15) is 0 Å². The monoisotopic (exact) mass is 821 g/mol. The number of carbonyl (C=O) groups excluding carboxylic acids is 9. The van der Waals surface area contributed by atoms with E-state index in [-0.39, 0.29) is 90.5 Å². The van der Waals surface area contributed by atoms with Crippen LogP contribution in [0.4, 0.5) is 0 Å². The van der Waals surface area contributed by atoms with Gasteiger partial charge in [-0.3, -0.25) is 63.6 Å². The van der Waals surface area contributed by atoms with Crippen molar-refractivity contribution >= 4 is 65.6 Å². The molecule has 58 heavy (non-hydrogen) atoms. The minimum atomic E-state index is -0.996. The number of benzene rings is 2. The summed E-state index contributed by atoms with van der Waals surface area (Å²) < 4.78 is 17.0. The molecular weight excluding hydrogens is 778 g/mol. The summed E-state index contributed by atoms with van der Waals surface area (Å²) in [5.74, 6) is -3.32. The van der Waals surface area contributed by atoms with E-state index in [1.165, 1.54) is 24.3 Å². The van der Waals surface area contributed by atoms with Crippen LogP contribution in [0.1, 0.15) is 120 Å². The molecule has 2 unspecified atom stereocenters. The molecule has 2 aromatic rings. The first-order valence-electron chi connectivity index (χ1n) is 19.0. The third kappa shape index (κ3) is 8.60. The number of esters is 1. The lowest BCUT2D eigenvalue weighted by atomic mass is 9.80. The van der Waals surface area contributed by atoms with E-state index in [2.05, 4.69) is 10.6 Å². The second-order valence-corrected chi connectivity index (χ2v) is 16.1. The Kier molecular flexibility index (Phi) is 11.8. The molecule has 0 spiro atoms. The maximum atomic E-state index is 12.9. The van der Waals surface area contributed by atoms with Gasteiger partial charge in [0.2, 0.25) is 23.6 Å². The van der Waals surface area contributed by atoms with E-state index in [9.17, 15) is 43.2 Å². The van der Waals surface area contributed by atoms with E-state index in [4.69, 9.17) is 19.9 Å². The van der Waals surface area contributed by atoms with Crippen LogP contribution in [0.25, 0.3) is 0 Å². The molecule has 2 aromatic carbocycles. The number of rotatable bonds is 8. The number of nitrogens with zero attached hydrogens (tertiary/aromatic N) is 2. The molecule has 2 saturated carbocycles. The van der Waals surface area contributed by atoms with Crippen molar-refractivity contribution in [3.05, 3.63) is 58.7 Å². The zero-order valence-electron chi connectivity index (χ0n) is 32.1. The summed E-state index contributed by atoms with van der Waals surface area (Å²) in [6.45, 7) is 5.50. The summed E-state index contributed by atoms with van der Waals surface area (Å²) in [5.41, 5.74) is 6.08. The van der Waals surface area contributed by atoms with Crippen molar-refractivity contribution in [2.24, 2.45) is 11.7 Å². The lowest BCUT2D eigenvalue weighted by Gasteiger charge is -2.35. The molecule has 2 aliphatic carbocycles.